The van der Waals surface area contributed by atoms with Crippen molar-refractivity contribution in [1.82, 2.24) is 4.98 Å². The maximum atomic E-state index is 3.98. The number of hydrogen-bond acceptors (Lipinski definition) is 2. The Labute approximate surface area is 80.7 Å². The van der Waals surface area contributed by atoms with E-state index in [1.54, 1.807) is 6.20 Å². The Kier molecular flexibility index (Phi) is 5.60. The number of hydrogen-bond donors (Lipinski definition) is 1. The summed E-state index contributed by atoms with van der Waals surface area (Å²) in [6.45, 7) is 11.7. The van der Waals surface area contributed by atoms with Crippen LogP contribution >= 0.6 is 0 Å². The van der Waals surface area contributed by atoms with Gasteiger partial charge in [0.2, 0.25) is 0 Å². The largest absolute Gasteiger partial charge is 0.359 e. The number of rotatable bonds is 2. The van der Waals surface area contributed by atoms with Crippen LogP contribution in [0, 0.1) is 6.92 Å². The molecule has 1 aromatic heterocycles. The van der Waals surface area contributed by atoms with E-state index in [4.69, 9.17) is 0 Å². The lowest BCUT2D eigenvalue weighted by molar-refractivity contribution is 1.25. The van der Waals surface area contributed by atoms with Gasteiger partial charge in [-0.2, -0.15) is 0 Å². The SMILES string of the molecule is C=C(C)Nc1ccncc1C.CC. The Balaban J connectivity index is 0.000000671. The van der Waals surface area contributed by atoms with Crippen molar-refractivity contribution in [2.24, 2.45) is 0 Å². The third kappa shape index (κ3) is 4.31. The molecule has 0 atom stereocenters. The van der Waals surface area contributed by atoms with Gasteiger partial charge in [0, 0.05) is 23.8 Å². The van der Waals surface area contributed by atoms with E-state index in [9.17, 15) is 0 Å². The van der Waals surface area contributed by atoms with E-state index in [1.807, 2.05) is 40.0 Å². The molecule has 72 valence electrons. The van der Waals surface area contributed by atoms with Crippen LogP contribution in [0.25, 0.3) is 0 Å². The minimum atomic E-state index is 0.944. The van der Waals surface area contributed by atoms with Gasteiger partial charge in [0.1, 0.15) is 0 Å². The molecule has 0 radical (unpaired) electrons. The Bertz CT molecular complexity index is 267. The molecule has 13 heavy (non-hydrogen) atoms. The Morgan fingerprint density at radius 2 is 2.08 bits per heavy atom. The molecule has 0 aliphatic rings. The van der Waals surface area contributed by atoms with Crippen molar-refractivity contribution >= 4 is 5.69 Å². The smallest absolute Gasteiger partial charge is 0.0442 e. The molecule has 2 nitrogen and oxygen atoms in total. The van der Waals surface area contributed by atoms with E-state index < -0.39 is 0 Å². The summed E-state index contributed by atoms with van der Waals surface area (Å²) >= 11 is 0. The number of aryl methyl sites for hydroxylation is 1. The lowest BCUT2D eigenvalue weighted by Crippen LogP contribution is -1.95. The number of aromatic nitrogens is 1. The molecule has 2 heteroatoms. The molecule has 0 bridgehead atoms. The second kappa shape index (κ2) is 6.23. The lowest BCUT2D eigenvalue weighted by Gasteiger charge is -2.06. The number of anilines is 1. The van der Waals surface area contributed by atoms with Crippen molar-refractivity contribution in [3.8, 4) is 0 Å². The van der Waals surface area contributed by atoms with Gasteiger partial charge in [-0.1, -0.05) is 20.4 Å². The van der Waals surface area contributed by atoms with Gasteiger partial charge in [0.05, 0.1) is 0 Å². The zero-order chi connectivity index (χ0) is 10.3. The molecule has 1 rings (SSSR count). The molecule has 0 unspecified atom stereocenters. The molecule has 1 N–H and O–H groups in total. The van der Waals surface area contributed by atoms with Crippen LogP contribution < -0.4 is 5.32 Å². The van der Waals surface area contributed by atoms with Crippen molar-refractivity contribution in [1.29, 1.82) is 0 Å². The molecule has 1 heterocycles. The van der Waals surface area contributed by atoms with Crippen LogP contribution in [0.3, 0.4) is 0 Å². The standard InChI is InChI=1S/C9H12N2.C2H6/c1-7(2)11-9-4-5-10-6-8(9)3;1-2/h4-6H,1H2,2-3H3,(H,10,11);1-2H3. The molecule has 0 amide bonds. The fraction of sp³-hybridized carbons (Fsp3) is 0.364. The van der Waals surface area contributed by atoms with Gasteiger partial charge in [-0.3, -0.25) is 4.98 Å². The van der Waals surface area contributed by atoms with Crippen LogP contribution in [-0.4, -0.2) is 4.98 Å². The first-order valence-corrected chi connectivity index (χ1v) is 4.53. The van der Waals surface area contributed by atoms with Crippen LogP contribution in [0.2, 0.25) is 0 Å². The van der Waals surface area contributed by atoms with Gasteiger partial charge >= 0.3 is 0 Å². The highest BCUT2D eigenvalue weighted by Crippen LogP contribution is 2.12. The Morgan fingerprint density at radius 3 is 2.54 bits per heavy atom. The van der Waals surface area contributed by atoms with E-state index in [0.717, 1.165) is 16.9 Å². The fourth-order valence-corrected chi connectivity index (χ4v) is 0.844. The normalized spacial score (nSPS) is 8.31. The monoisotopic (exact) mass is 178 g/mol. The summed E-state index contributed by atoms with van der Waals surface area (Å²) in [5, 5.41) is 3.14. The zero-order valence-corrected chi connectivity index (χ0v) is 8.89. The summed E-state index contributed by atoms with van der Waals surface area (Å²) in [6, 6.07) is 1.93. The predicted molar refractivity (Wildman–Crippen MR) is 58.8 cm³/mol. The van der Waals surface area contributed by atoms with Gasteiger partial charge in [-0.15, -0.1) is 0 Å². The van der Waals surface area contributed by atoms with Crippen LogP contribution in [0.4, 0.5) is 5.69 Å². The van der Waals surface area contributed by atoms with Crippen LogP contribution in [0.15, 0.2) is 30.7 Å². The first-order chi connectivity index (χ1) is 6.20. The first-order valence-electron chi connectivity index (χ1n) is 4.53. The fourth-order valence-electron chi connectivity index (χ4n) is 0.844. The van der Waals surface area contributed by atoms with Crippen molar-refractivity contribution in [2.75, 3.05) is 5.32 Å². The molecule has 0 aliphatic heterocycles. The molecular formula is C11H18N2. The predicted octanol–water partition coefficient (Wildman–Crippen LogP) is 3.36. The van der Waals surface area contributed by atoms with Gasteiger partial charge in [-0.05, 0) is 25.5 Å². The molecule has 0 saturated heterocycles. The minimum Gasteiger partial charge on any atom is -0.359 e. The number of pyridine rings is 1. The van der Waals surface area contributed by atoms with E-state index >= 15 is 0 Å². The summed E-state index contributed by atoms with van der Waals surface area (Å²) in [5.41, 5.74) is 3.15. The summed E-state index contributed by atoms with van der Waals surface area (Å²) in [4.78, 5) is 3.98. The average Bonchev–Trinajstić information content (AvgIpc) is 2.12. The third-order valence-corrected chi connectivity index (χ3v) is 1.37. The molecule has 0 aromatic carbocycles. The topological polar surface area (TPSA) is 24.9 Å². The van der Waals surface area contributed by atoms with Gasteiger partial charge in [0.15, 0.2) is 0 Å². The van der Waals surface area contributed by atoms with E-state index in [1.165, 1.54) is 0 Å². The highest BCUT2D eigenvalue weighted by molar-refractivity contribution is 5.51. The maximum absolute atomic E-state index is 3.98. The van der Waals surface area contributed by atoms with Crippen molar-refractivity contribution in [2.45, 2.75) is 27.7 Å². The zero-order valence-electron chi connectivity index (χ0n) is 8.89. The number of nitrogens with one attached hydrogen (secondary N) is 1. The molecular weight excluding hydrogens is 160 g/mol. The molecule has 1 aromatic rings. The van der Waals surface area contributed by atoms with Crippen LogP contribution in [-0.2, 0) is 0 Å². The molecule has 0 spiro atoms. The molecule has 0 saturated carbocycles. The number of allylic oxidation sites excluding steroid dienone is 1. The highest BCUT2D eigenvalue weighted by Gasteiger charge is 1.94. The van der Waals surface area contributed by atoms with E-state index in [-0.39, 0.29) is 0 Å². The Hall–Kier alpha value is -1.31. The summed E-state index contributed by atoms with van der Waals surface area (Å²) in [5.74, 6) is 0. The quantitative estimate of drug-likeness (QED) is 0.751. The first kappa shape index (κ1) is 11.7. The van der Waals surface area contributed by atoms with Gasteiger partial charge < -0.3 is 5.32 Å². The molecule has 0 aliphatic carbocycles. The second-order valence-corrected chi connectivity index (χ2v) is 2.60. The number of nitrogens with zero attached hydrogens (tertiary/aromatic N) is 1. The Morgan fingerprint density at radius 1 is 1.46 bits per heavy atom. The van der Waals surface area contributed by atoms with Gasteiger partial charge in [0.25, 0.3) is 0 Å². The van der Waals surface area contributed by atoms with Crippen LogP contribution in [0.5, 0.6) is 0 Å². The molecule has 0 fully saturated rings. The van der Waals surface area contributed by atoms with Crippen molar-refractivity contribution < 1.29 is 0 Å². The van der Waals surface area contributed by atoms with Crippen molar-refractivity contribution in [3.63, 3.8) is 0 Å². The third-order valence-electron chi connectivity index (χ3n) is 1.37. The second-order valence-electron chi connectivity index (χ2n) is 2.60. The van der Waals surface area contributed by atoms with Gasteiger partial charge in [-0.25, -0.2) is 0 Å². The van der Waals surface area contributed by atoms with E-state index in [0.29, 0.717) is 0 Å². The average molecular weight is 178 g/mol. The highest BCUT2D eigenvalue weighted by atomic mass is 14.9. The summed E-state index contributed by atoms with van der Waals surface area (Å²) in [6.07, 6.45) is 3.59. The van der Waals surface area contributed by atoms with Crippen LogP contribution in [0.1, 0.15) is 26.3 Å². The summed E-state index contributed by atoms with van der Waals surface area (Å²) < 4.78 is 0. The maximum Gasteiger partial charge on any atom is 0.0442 e. The van der Waals surface area contributed by atoms with Crippen molar-refractivity contribution in [3.05, 3.63) is 36.3 Å². The van der Waals surface area contributed by atoms with E-state index in [2.05, 4.69) is 16.9 Å². The lowest BCUT2D eigenvalue weighted by atomic mass is 10.2. The minimum absolute atomic E-state index is 0.944. The summed E-state index contributed by atoms with van der Waals surface area (Å²) in [7, 11) is 0.